The molecule has 1 aromatic rings. The van der Waals surface area contributed by atoms with Gasteiger partial charge < -0.3 is 4.74 Å². The predicted octanol–water partition coefficient (Wildman–Crippen LogP) is 2.68. The normalized spacial score (nSPS) is 18.8. The first-order valence-electron chi connectivity index (χ1n) is 5.68. The molecule has 1 atom stereocenters. The molecule has 1 heterocycles. The predicted molar refractivity (Wildman–Crippen MR) is 68.2 cm³/mol. The fourth-order valence-corrected chi connectivity index (χ4v) is 2.86. The summed E-state index contributed by atoms with van der Waals surface area (Å²) in [4.78, 5) is 21.8. The van der Waals surface area contributed by atoms with Crippen molar-refractivity contribution < 1.29 is 14.5 Å². The molecule has 2 rings (SSSR count). The number of rotatable bonds is 5. The Bertz CT molecular complexity index is 457. The van der Waals surface area contributed by atoms with Crippen LogP contribution in [-0.4, -0.2) is 29.7 Å². The van der Waals surface area contributed by atoms with E-state index in [2.05, 4.69) is 0 Å². The van der Waals surface area contributed by atoms with E-state index in [-0.39, 0.29) is 17.4 Å². The number of thioether (sulfide) groups is 1. The molecule has 1 fully saturated rings. The lowest BCUT2D eigenvalue weighted by Crippen LogP contribution is -2.07. The highest BCUT2D eigenvalue weighted by molar-refractivity contribution is 7.99. The van der Waals surface area contributed by atoms with Crippen molar-refractivity contribution in [2.45, 2.75) is 23.8 Å². The second-order valence-corrected chi connectivity index (χ2v) is 5.14. The number of hydrogen-bond acceptors (Lipinski definition) is 5. The third kappa shape index (κ3) is 3.08. The Morgan fingerprint density at radius 3 is 3.00 bits per heavy atom. The summed E-state index contributed by atoms with van der Waals surface area (Å²) in [5.41, 5.74) is -0.0243. The molecule has 0 spiro atoms. The molecule has 6 heteroatoms. The van der Waals surface area contributed by atoms with Crippen LogP contribution in [0.5, 0.6) is 0 Å². The first kappa shape index (κ1) is 13.0. The van der Waals surface area contributed by atoms with Gasteiger partial charge in [-0.3, -0.25) is 14.9 Å². The fourth-order valence-electron chi connectivity index (χ4n) is 1.85. The maximum atomic E-state index is 10.8. The fraction of sp³-hybridized carbons (Fsp3) is 0.417. The molecule has 1 unspecified atom stereocenters. The van der Waals surface area contributed by atoms with Crippen molar-refractivity contribution in [2.24, 2.45) is 0 Å². The molecule has 1 aromatic carbocycles. The van der Waals surface area contributed by atoms with Crippen molar-refractivity contribution in [3.8, 4) is 0 Å². The van der Waals surface area contributed by atoms with Gasteiger partial charge in [-0.2, -0.15) is 0 Å². The highest BCUT2D eigenvalue weighted by Gasteiger charge is 2.17. The zero-order valence-corrected chi connectivity index (χ0v) is 10.5. The topological polar surface area (TPSA) is 69.4 Å². The van der Waals surface area contributed by atoms with Gasteiger partial charge >= 0.3 is 0 Å². The monoisotopic (exact) mass is 267 g/mol. The summed E-state index contributed by atoms with van der Waals surface area (Å²) in [5, 5.41) is 10.7. The average molecular weight is 267 g/mol. The minimum Gasteiger partial charge on any atom is -0.377 e. The van der Waals surface area contributed by atoms with Crippen LogP contribution in [0.2, 0.25) is 0 Å². The number of carbonyl (C=O) groups is 1. The summed E-state index contributed by atoms with van der Waals surface area (Å²) < 4.78 is 5.49. The Morgan fingerprint density at radius 2 is 2.39 bits per heavy atom. The van der Waals surface area contributed by atoms with E-state index in [9.17, 15) is 14.9 Å². The number of nitro groups is 1. The summed E-state index contributed by atoms with van der Waals surface area (Å²) in [6, 6.07) is 4.61. The highest BCUT2D eigenvalue weighted by atomic mass is 32.2. The van der Waals surface area contributed by atoms with Crippen LogP contribution < -0.4 is 0 Å². The van der Waals surface area contributed by atoms with E-state index >= 15 is 0 Å². The molecule has 5 nitrogen and oxygen atoms in total. The summed E-state index contributed by atoms with van der Waals surface area (Å²) in [6.45, 7) is 0.811. The van der Waals surface area contributed by atoms with Crippen LogP contribution in [0, 0.1) is 10.1 Å². The minimum absolute atomic E-state index is 0.123. The van der Waals surface area contributed by atoms with Crippen molar-refractivity contribution in [3.63, 3.8) is 0 Å². The van der Waals surface area contributed by atoms with Crippen LogP contribution in [0.25, 0.3) is 0 Å². The van der Waals surface area contributed by atoms with Gasteiger partial charge in [-0.15, -0.1) is 11.8 Å². The van der Waals surface area contributed by atoms with Crippen LogP contribution in [0.15, 0.2) is 23.1 Å². The third-order valence-electron chi connectivity index (χ3n) is 2.78. The van der Waals surface area contributed by atoms with Crippen LogP contribution in [0.1, 0.15) is 23.2 Å². The summed E-state index contributed by atoms with van der Waals surface area (Å²) in [6.07, 6.45) is 2.92. The Morgan fingerprint density at radius 1 is 1.56 bits per heavy atom. The van der Waals surface area contributed by atoms with Gasteiger partial charge in [0.05, 0.1) is 16.6 Å². The second-order valence-electron chi connectivity index (χ2n) is 4.04. The lowest BCUT2D eigenvalue weighted by atomic mass is 10.2. The molecule has 0 amide bonds. The van der Waals surface area contributed by atoms with E-state index in [0.717, 1.165) is 30.1 Å². The number of nitrogens with zero attached hydrogens (tertiary/aromatic N) is 1. The molecule has 0 aromatic heterocycles. The first-order valence-corrected chi connectivity index (χ1v) is 6.67. The number of aldehydes is 1. The van der Waals surface area contributed by atoms with E-state index in [4.69, 9.17) is 4.74 Å². The minimum atomic E-state index is -0.543. The van der Waals surface area contributed by atoms with E-state index in [0.29, 0.717) is 6.29 Å². The molecule has 0 saturated carbocycles. The van der Waals surface area contributed by atoms with Crippen LogP contribution in [0.3, 0.4) is 0 Å². The third-order valence-corrected chi connectivity index (χ3v) is 3.91. The molecule has 1 aliphatic heterocycles. The molecule has 1 saturated heterocycles. The highest BCUT2D eigenvalue weighted by Crippen LogP contribution is 2.27. The Kier molecular flexibility index (Phi) is 4.33. The largest absolute Gasteiger partial charge is 0.377 e. The van der Waals surface area contributed by atoms with Crippen LogP contribution in [0.4, 0.5) is 5.69 Å². The Balaban J connectivity index is 2.04. The smallest absolute Gasteiger partial charge is 0.279 e. The summed E-state index contributed by atoms with van der Waals surface area (Å²) in [7, 11) is 0. The van der Waals surface area contributed by atoms with E-state index < -0.39 is 4.92 Å². The van der Waals surface area contributed by atoms with E-state index in [1.54, 1.807) is 23.9 Å². The molecule has 0 bridgehead atoms. The maximum Gasteiger partial charge on any atom is 0.279 e. The SMILES string of the molecule is O=Cc1cc(SCC2CCCO2)ccc1[N+](=O)[O-]. The molecular weight excluding hydrogens is 254 g/mol. The molecule has 0 radical (unpaired) electrons. The van der Waals surface area contributed by atoms with Gasteiger partial charge in [-0.05, 0) is 25.0 Å². The van der Waals surface area contributed by atoms with Gasteiger partial charge in [0.1, 0.15) is 0 Å². The van der Waals surface area contributed by atoms with Gasteiger partial charge in [0.25, 0.3) is 5.69 Å². The quantitative estimate of drug-likeness (QED) is 0.355. The number of benzene rings is 1. The Labute approximate surface area is 109 Å². The van der Waals surface area contributed by atoms with Crippen molar-refractivity contribution >= 4 is 23.7 Å². The van der Waals surface area contributed by atoms with E-state index in [1.807, 2.05) is 0 Å². The van der Waals surface area contributed by atoms with Crippen LogP contribution >= 0.6 is 11.8 Å². The second kappa shape index (κ2) is 5.97. The number of nitro benzene ring substituents is 1. The van der Waals surface area contributed by atoms with Crippen molar-refractivity contribution in [2.75, 3.05) is 12.4 Å². The lowest BCUT2D eigenvalue weighted by molar-refractivity contribution is -0.385. The summed E-state index contributed by atoms with van der Waals surface area (Å²) in [5.74, 6) is 0.816. The van der Waals surface area contributed by atoms with Gasteiger partial charge in [-0.25, -0.2) is 0 Å². The van der Waals surface area contributed by atoms with Gasteiger partial charge in [0.15, 0.2) is 6.29 Å². The summed E-state index contributed by atoms with van der Waals surface area (Å²) >= 11 is 1.56. The van der Waals surface area contributed by atoms with Gasteiger partial charge in [0.2, 0.25) is 0 Å². The molecule has 0 aliphatic carbocycles. The lowest BCUT2D eigenvalue weighted by Gasteiger charge is -2.08. The van der Waals surface area contributed by atoms with Crippen molar-refractivity contribution in [3.05, 3.63) is 33.9 Å². The molecule has 0 N–H and O–H groups in total. The van der Waals surface area contributed by atoms with Gasteiger partial charge in [-0.1, -0.05) is 0 Å². The number of carbonyl (C=O) groups excluding carboxylic acids is 1. The van der Waals surface area contributed by atoms with Crippen molar-refractivity contribution in [1.82, 2.24) is 0 Å². The van der Waals surface area contributed by atoms with E-state index in [1.165, 1.54) is 6.07 Å². The molecular formula is C12H13NO4S. The molecule has 18 heavy (non-hydrogen) atoms. The van der Waals surface area contributed by atoms with Crippen LogP contribution in [-0.2, 0) is 4.74 Å². The van der Waals surface area contributed by atoms with Gasteiger partial charge in [0, 0.05) is 23.3 Å². The Hall–Kier alpha value is -1.40. The standard InChI is InChI=1S/C12H13NO4S/c14-7-9-6-11(3-4-12(9)13(15)16)18-8-10-2-1-5-17-10/h3-4,6-7,10H,1-2,5,8H2. The zero-order chi connectivity index (χ0) is 13.0. The maximum absolute atomic E-state index is 10.8. The first-order chi connectivity index (χ1) is 8.70. The number of ether oxygens (including phenoxy) is 1. The molecule has 96 valence electrons. The van der Waals surface area contributed by atoms with Crippen molar-refractivity contribution in [1.29, 1.82) is 0 Å². The average Bonchev–Trinajstić information content (AvgIpc) is 2.88. The number of hydrogen-bond donors (Lipinski definition) is 0. The molecule has 1 aliphatic rings. The zero-order valence-electron chi connectivity index (χ0n) is 9.70.